The fourth-order valence-electron chi connectivity index (χ4n) is 4.08. The number of hydrogen-bond acceptors (Lipinski definition) is 3. The molecule has 3 rings (SSSR count). The number of hydrogen-bond donors (Lipinski definition) is 0. The first-order chi connectivity index (χ1) is 13.2. The van der Waals surface area contributed by atoms with E-state index in [1.54, 1.807) is 0 Å². The van der Waals surface area contributed by atoms with E-state index in [9.17, 15) is 9.59 Å². The standard InChI is InChI=1S/C24H27NO2/c1-3-25(4-2)21-17-11-16-20(23(26)18-12-7-5-8-13-18)22(21)24(27)19-14-9-6-10-15-19/h5-15,17,20-22H,3-4,16H2,1-2H3/t20-,21?,22+/m1/s1. The normalized spacial score (nSPS) is 22.0. The van der Waals surface area contributed by atoms with Gasteiger partial charge in [0.05, 0.1) is 5.92 Å². The third-order valence-electron chi connectivity index (χ3n) is 5.51. The predicted octanol–water partition coefficient (Wildman–Crippen LogP) is 4.65. The van der Waals surface area contributed by atoms with E-state index < -0.39 is 0 Å². The summed E-state index contributed by atoms with van der Waals surface area (Å²) >= 11 is 0. The molecule has 0 N–H and O–H groups in total. The van der Waals surface area contributed by atoms with Crippen molar-refractivity contribution in [3.8, 4) is 0 Å². The van der Waals surface area contributed by atoms with Crippen LogP contribution in [0.15, 0.2) is 72.8 Å². The molecule has 0 bridgehead atoms. The van der Waals surface area contributed by atoms with E-state index in [1.165, 1.54) is 0 Å². The third-order valence-corrected chi connectivity index (χ3v) is 5.51. The molecular weight excluding hydrogens is 334 g/mol. The molecule has 0 spiro atoms. The Bertz CT molecular complexity index is 794. The average Bonchev–Trinajstić information content (AvgIpc) is 2.74. The molecule has 140 valence electrons. The molecule has 1 aliphatic rings. The molecule has 3 heteroatoms. The zero-order chi connectivity index (χ0) is 19.2. The number of ketones is 2. The van der Waals surface area contributed by atoms with E-state index in [0.29, 0.717) is 17.5 Å². The minimum Gasteiger partial charge on any atom is -0.297 e. The van der Waals surface area contributed by atoms with Crippen LogP contribution in [0.25, 0.3) is 0 Å². The fourth-order valence-corrected chi connectivity index (χ4v) is 4.08. The maximum absolute atomic E-state index is 13.5. The number of Topliss-reactive ketones (excluding diaryl/α,β-unsaturated/α-hetero) is 2. The highest BCUT2D eigenvalue weighted by Crippen LogP contribution is 2.34. The highest BCUT2D eigenvalue weighted by Gasteiger charge is 2.42. The molecule has 27 heavy (non-hydrogen) atoms. The summed E-state index contributed by atoms with van der Waals surface area (Å²) in [5.74, 6) is -0.585. The van der Waals surface area contributed by atoms with E-state index in [-0.39, 0.29) is 29.4 Å². The van der Waals surface area contributed by atoms with Gasteiger partial charge in [-0.3, -0.25) is 14.5 Å². The van der Waals surface area contributed by atoms with Crippen LogP contribution >= 0.6 is 0 Å². The number of carbonyl (C=O) groups excluding carboxylic acids is 2. The molecule has 0 saturated heterocycles. The number of likely N-dealkylation sites (N-methyl/N-ethyl adjacent to an activating group) is 1. The van der Waals surface area contributed by atoms with Gasteiger partial charge in [-0.15, -0.1) is 0 Å². The van der Waals surface area contributed by atoms with Crippen molar-refractivity contribution in [2.24, 2.45) is 11.8 Å². The quantitative estimate of drug-likeness (QED) is 0.532. The van der Waals surface area contributed by atoms with Gasteiger partial charge in [0, 0.05) is 23.1 Å². The zero-order valence-corrected chi connectivity index (χ0v) is 16.0. The molecule has 0 aromatic heterocycles. The largest absolute Gasteiger partial charge is 0.297 e. The Kier molecular flexibility index (Phi) is 6.36. The van der Waals surface area contributed by atoms with Gasteiger partial charge in [0.15, 0.2) is 11.6 Å². The maximum Gasteiger partial charge on any atom is 0.168 e. The van der Waals surface area contributed by atoms with E-state index >= 15 is 0 Å². The summed E-state index contributed by atoms with van der Waals surface area (Å²) in [5.41, 5.74) is 1.36. The Morgan fingerprint density at radius 2 is 1.37 bits per heavy atom. The van der Waals surface area contributed by atoms with Crippen molar-refractivity contribution in [3.63, 3.8) is 0 Å². The van der Waals surface area contributed by atoms with Gasteiger partial charge in [0.2, 0.25) is 0 Å². The van der Waals surface area contributed by atoms with Crippen molar-refractivity contribution in [2.45, 2.75) is 26.3 Å². The van der Waals surface area contributed by atoms with Crippen LogP contribution in [-0.4, -0.2) is 35.6 Å². The Morgan fingerprint density at radius 3 is 1.89 bits per heavy atom. The molecule has 0 saturated carbocycles. The van der Waals surface area contributed by atoms with Gasteiger partial charge >= 0.3 is 0 Å². The van der Waals surface area contributed by atoms with E-state index in [0.717, 1.165) is 13.1 Å². The lowest BCUT2D eigenvalue weighted by molar-refractivity contribution is 0.0639. The monoisotopic (exact) mass is 361 g/mol. The summed E-state index contributed by atoms with van der Waals surface area (Å²) in [7, 11) is 0. The first kappa shape index (κ1) is 19.2. The van der Waals surface area contributed by atoms with Crippen LogP contribution in [0.5, 0.6) is 0 Å². The summed E-state index contributed by atoms with van der Waals surface area (Å²) in [6, 6.07) is 18.7. The second kappa shape index (κ2) is 8.92. The van der Waals surface area contributed by atoms with Crippen LogP contribution in [0.3, 0.4) is 0 Å². The number of nitrogens with zero attached hydrogens (tertiary/aromatic N) is 1. The summed E-state index contributed by atoms with van der Waals surface area (Å²) in [6.07, 6.45) is 4.80. The van der Waals surface area contributed by atoms with E-state index in [4.69, 9.17) is 0 Å². The van der Waals surface area contributed by atoms with Gasteiger partial charge in [0.1, 0.15) is 0 Å². The fraction of sp³-hybridized carbons (Fsp3) is 0.333. The van der Waals surface area contributed by atoms with Gasteiger partial charge < -0.3 is 0 Å². The Balaban J connectivity index is 2.01. The average molecular weight is 361 g/mol. The van der Waals surface area contributed by atoms with Crippen LogP contribution < -0.4 is 0 Å². The summed E-state index contributed by atoms with van der Waals surface area (Å²) < 4.78 is 0. The van der Waals surface area contributed by atoms with Crippen molar-refractivity contribution < 1.29 is 9.59 Å². The van der Waals surface area contributed by atoms with Gasteiger partial charge in [0.25, 0.3) is 0 Å². The SMILES string of the molecule is CCN(CC)C1C=CC[C@@H](C(=O)c2ccccc2)[C@@H]1C(=O)c1ccccc1. The highest BCUT2D eigenvalue weighted by atomic mass is 16.1. The first-order valence-corrected chi connectivity index (χ1v) is 9.76. The number of allylic oxidation sites excluding steroid dienone is 1. The molecule has 0 fully saturated rings. The van der Waals surface area contributed by atoms with Crippen LogP contribution in [-0.2, 0) is 0 Å². The molecule has 0 radical (unpaired) electrons. The number of benzene rings is 2. The van der Waals surface area contributed by atoms with Crippen LogP contribution in [0.2, 0.25) is 0 Å². The number of rotatable bonds is 7. The number of carbonyl (C=O) groups is 2. The first-order valence-electron chi connectivity index (χ1n) is 9.76. The van der Waals surface area contributed by atoms with Crippen LogP contribution in [0.1, 0.15) is 41.0 Å². The summed E-state index contributed by atoms with van der Waals surface area (Å²) in [5, 5.41) is 0. The molecule has 0 amide bonds. The molecule has 1 aliphatic carbocycles. The lowest BCUT2D eigenvalue weighted by Gasteiger charge is -2.39. The second-order valence-electron chi connectivity index (χ2n) is 6.97. The minimum absolute atomic E-state index is 0.0564. The van der Waals surface area contributed by atoms with Gasteiger partial charge in [-0.05, 0) is 19.5 Å². The predicted molar refractivity (Wildman–Crippen MR) is 109 cm³/mol. The lowest BCUT2D eigenvalue weighted by Crippen LogP contribution is -2.48. The minimum atomic E-state index is -0.370. The molecule has 3 nitrogen and oxygen atoms in total. The van der Waals surface area contributed by atoms with Crippen LogP contribution in [0, 0.1) is 11.8 Å². The van der Waals surface area contributed by atoms with Gasteiger partial charge in [-0.25, -0.2) is 0 Å². The highest BCUT2D eigenvalue weighted by molar-refractivity contribution is 6.05. The van der Waals surface area contributed by atoms with Crippen molar-refractivity contribution in [2.75, 3.05) is 13.1 Å². The second-order valence-corrected chi connectivity index (χ2v) is 6.97. The van der Waals surface area contributed by atoms with E-state index in [1.807, 2.05) is 60.7 Å². The van der Waals surface area contributed by atoms with Crippen molar-refractivity contribution >= 4 is 11.6 Å². The van der Waals surface area contributed by atoms with Crippen molar-refractivity contribution in [1.29, 1.82) is 0 Å². The van der Waals surface area contributed by atoms with Crippen molar-refractivity contribution in [1.82, 2.24) is 4.90 Å². The molecule has 0 aliphatic heterocycles. The van der Waals surface area contributed by atoms with Crippen molar-refractivity contribution in [3.05, 3.63) is 83.9 Å². The topological polar surface area (TPSA) is 37.4 Å². The van der Waals surface area contributed by atoms with Gasteiger partial charge in [-0.1, -0.05) is 86.7 Å². The molecule has 2 aromatic rings. The summed E-state index contributed by atoms with van der Waals surface area (Å²) in [4.78, 5) is 29.0. The Hall–Kier alpha value is -2.52. The molecule has 3 atom stereocenters. The molecule has 2 aromatic carbocycles. The van der Waals surface area contributed by atoms with Crippen LogP contribution in [0.4, 0.5) is 0 Å². The third kappa shape index (κ3) is 4.09. The van der Waals surface area contributed by atoms with E-state index in [2.05, 4.69) is 30.9 Å². The van der Waals surface area contributed by atoms with Gasteiger partial charge in [-0.2, -0.15) is 0 Å². The Morgan fingerprint density at radius 1 is 0.852 bits per heavy atom. The smallest absolute Gasteiger partial charge is 0.168 e. The zero-order valence-electron chi connectivity index (χ0n) is 16.0. The Labute approximate surface area is 161 Å². The molecule has 1 unspecified atom stereocenters. The summed E-state index contributed by atoms with van der Waals surface area (Å²) in [6.45, 7) is 5.89. The molecular formula is C24H27NO2. The lowest BCUT2D eigenvalue weighted by atomic mass is 9.72. The maximum atomic E-state index is 13.5. The molecule has 0 heterocycles.